The summed E-state index contributed by atoms with van der Waals surface area (Å²) in [4.78, 5) is 0. The van der Waals surface area contributed by atoms with Gasteiger partial charge in [0.1, 0.15) is 0 Å². The molecule has 0 aromatic heterocycles. The molecule has 2 rings (SSSR count). The average molecular weight is 280 g/mol. The Morgan fingerprint density at radius 1 is 1.10 bits per heavy atom. The van der Waals surface area contributed by atoms with Crippen molar-refractivity contribution in [1.82, 2.24) is 10.6 Å². The molecule has 1 aliphatic heterocycles. The van der Waals surface area contributed by atoms with E-state index in [0.29, 0.717) is 11.5 Å². The number of piperidine rings is 1. The Labute approximate surface area is 126 Å². The highest BCUT2D eigenvalue weighted by atomic mass is 15.0. The molecule has 1 heterocycles. The molecule has 0 radical (unpaired) electrons. The zero-order valence-electron chi connectivity index (χ0n) is 14.0. The summed E-state index contributed by atoms with van der Waals surface area (Å²) >= 11 is 0. The summed E-state index contributed by atoms with van der Waals surface area (Å²) in [6, 6.07) is 1.42. The molecule has 2 aliphatic rings. The fourth-order valence-electron chi connectivity index (χ4n) is 4.47. The van der Waals surface area contributed by atoms with Crippen LogP contribution in [0.4, 0.5) is 0 Å². The standard InChI is InChI=1S/C18H36N2/c1-15(2)13-18(9-5-6-10-18)14-20-16(3)12-17-8-4-7-11-19-17/h15-17,19-20H,4-14H2,1-3H3. The zero-order valence-corrected chi connectivity index (χ0v) is 14.0. The second-order valence-electron chi connectivity index (χ2n) is 7.97. The summed E-state index contributed by atoms with van der Waals surface area (Å²) in [6.07, 6.45) is 12.7. The normalized spacial score (nSPS) is 27.9. The van der Waals surface area contributed by atoms with Crippen molar-refractivity contribution < 1.29 is 0 Å². The van der Waals surface area contributed by atoms with E-state index in [2.05, 4.69) is 31.4 Å². The number of nitrogens with one attached hydrogen (secondary N) is 2. The third kappa shape index (κ3) is 5.04. The predicted octanol–water partition coefficient (Wildman–Crippen LogP) is 4.10. The largest absolute Gasteiger partial charge is 0.314 e. The van der Waals surface area contributed by atoms with Crippen LogP contribution in [0.5, 0.6) is 0 Å². The van der Waals surface area contributed by atoms with Gasteiger partial charge in [0.2, 0.25) is 0 Å². The highest BCUT2D eigenvalue weighted by Crippen LogP contribution is 2.42. The van der Waals surface area contributed by atoms with Crippen LogP contribution >= 0.6 is 0 Å². The molecule has 2 nitrogen and oxygen atoms in total. The molecule has 1 saturated heterocycles. The van der Waals surface area contributed by atoms with Crippen LogP contribution in [0.25, 0.3) is 0 Å². The van der Waals surface area contributed by atoms with Gasteiger partial charge in [0.05, 0.1) is 0 Å². The maximum absolute atomic E-state index is 3.88. The zero-order chi connectivity index (χ0) is 14.4. The van der Waals surface area contributed by atoms with Gasteiger partial charge in [-0.1, -0.05) is 33.1 Å². The monoisotopic (exact) mass is 280 g/mol. The van der Waals surface area contributed by atoms with E-state index in [-0.39, 0.29) is 0 Å². The fourth-order valence-corrected chi connectivity index (χ4v) is 4.47. The van der Waals surface area contributed by atoms with E-state index in [1.54, 1.807) is 0 Å². The van der Waals surface area contributed by atoms with E-state index in [9.17, 15) is 0 Å². The molecule has 20 heavy (non-hydrogen) atoms. The van der Waals surface area contributed by atoms with E-state index in [0.717, 1.165) is 12.0 Å². The number of rotatable bonds is 7. The minimum Gasteiger partial charge on any atom is -0.314 e. The predicted molar refractivity (Wildman–Crippen MR) is 88.1 cm³/mol. The van der Waals surface area contributed by atoms with Gasteiger partial charge in [-0.2, -0.15) is 0 Å². The molecular weight excluding hydrogens is 244 g/mol. The van der Waals surface area contributed by atoms with Crippen molar-refractivity contribution in [2.45, 2.75) is 90.6 Å². The average Bonchev–Trinajstić information content (AvgIpc) is 2.86. The maximum Gasteiger partial charge on any atom is 0.00817 e. The van der Waals surface area contributed by atoms with Crippen molar-refractivity contribution in [2.24, 2.45) is 11.3 Å². The van der Waals surface area contributed by atoms with Gasteiger partial charge in [-0.15, -0.1) is 0 Å². The van der Waals surface area contributed by atoms with Crippen molar-refractivity contribution >= 4 is 0 Å². The molecule has 118 valence electrons. The van der Waals surface area contributed by atoms with Gasteiger partial charge < -0.3 is 10.6 Å². The summed E-state index contributed by atoms with van der Waals surface area (Å²) in [7, 11) is 0. The Balaban J connectivity index is 1.73. The molecule has 1 aliphatic carbocycles. The molecule has 0 bridgehead atoms. The topological polar surface area (TPSA) is 24.1 Å². The molecule has 2 unspecified atom stereocenters. The van der Waals surface area contributed by atoms with Gasteiger partial charge >= 0.3 is 0 Å². The lowest BCUT2D eigenvalue weighted by Crippen LogP contribution is -2.43. The van der Waals surface area contributed by atoms with Crippen molar-refractivity contribution in [2.75, 3.05) is 13.1 Å². The van der Waals surface area contributed by atoms with Crippen LogP contribution < -0.4 is 10.6 Å². The van der Waals surface area contributed by atoms with Crippen LogP contribution in [-0.4, -0.2) is 25.2 Å². The van der Waals surface area contributed by atoms with E-state index in [4.69, 9.17) is 0 Å². The van der Waals surface area contributed by atoms with Crippen molar-refractivity contribution in [3.63, 3.8) is 0 Å². The number of hydrogen-bond donors (Lipinski definition) is 2. The summed E-state index contributed by atoms with van der Waals surface area (Å²) in [5.74, 6) is 0.838. The van der Waals surface area contributed by atoms with Crippen LogP contribution in [0.2, 0.25) is 0 Å². The molecule has 2 N–H and O–H groups in total. The highest BCUT2D eigenvalue weighted by Gasteiger charge is 2.34. The molecule has 0 amide bonds. The van der Waals surface area contributed by atoms with Crippen LogP contribution in [0.1, 0.15) is 78.6 Å². The van der Waals surface area contributed by atoms with Gasteiger partial charge in [0.25, 0.3) is 0 Å². The minimum absolute atomic E-state index is 0.614. The second-order valence-corrected chi connectivity index (χ2v) is 7.97. The van der Waals surface area contributed by atoms with E-state index < -0.39 is 0 Å². The quantitative estimate of drug-likeness (QED) is 0.733. The summed E-state index contributed by atoms with van der Waals surface area (Å²) < 4.78 is 0. The van der Waals surface area contributed by atoms with Crippen LogP contribution in [0, 0.1) is 11.3 Å². The van der Waals surface area contributed by atoms with Crippen LogP contribution in [-0.2, 0) is 0 Å². The van der Waals surface area contributed by atoms with Gasteiger partial charge in [0, 0.05) is 18.6 Å². The van der Waals surface area contributed by atoms with Gasteiger partial charge in [-0.05, 0) is 63.3 Å². The lowest BCUT2D eigenvalue weighted by atomic mass is 9.78. The summed E-state index contributed by atoms with van der Waals surface area (Å²) in [5.41, 5.74) is 0.614. The molecule has 2 fully saturated rings. The minimum atomic E-state index is 0.614. The molecule has 0 aromatic rings. The Hall–Kier alpha value is -0.0800. The Morgan fingerprint density at radius 3 is 2.45 bits per heavy atom. The first-order valence-corrected chi connectivity index (χ1v) is 9.06. The van der Waals surface area contributed by atoms with Gasteiger partial charge in [0.15, 0.2) is 0 Å². The molecular formula is C18H36N2. The third-order valence-electron chi connectivity index (χ3n) is 5.38. The lowest BCUT2D eigenvalue weighted by Gasteiger charge is -2.34. The first kappa shape index (κ1) is 16.3. The van der Waals surface area contributed by atoms with Gasteiger partial charge in [-0.25, -0.2) is 0 Å². The molecule has 0 aromatic carbocycles. The van der Waals surface area contributed by atoms with E-state index in [1.165, 1.54) is 70.9 Å². The van der Waals surface area contributed by atoms with Crippen molar-refractivity contribution in [3.05, 3.63) is 0 Å². The maximum atomic E-state index is 3.88. The molecule has 2 heteroatoms. The highest BCUT2D eigenvalue weighted by molar-refractivity contribution is 4.88. The third-order valence-corrected chi connectivity index (χ3v) is 5.38. The molecule has 2 atom stereocenters. The smallest absolute Gasteiger partial charge is 0.00817 e. The second kappa shape index (κ2) is 7.79. The first-order chi connectivity index (χ1) is 9.60. The summed E-state index contributed by atoms with van der Waals surface area (Å²) in [5, 5.41) is 7.56. The Morgan fingerprint density at radius 2 is 1.85 bits per heavy atom. The Kier molecular flexibility index (Phi) is 6.35. The Bertz CT molecular complexity index is 263. The lowest BCUT2D eigenvalue weighted by molar-refractivity contribution is 0.211. The van der Waals surface area contributed by atoms with Crippen molar-refractivity contribution in [1.29, 1.82) is 0 Å². The molecule has 0 spiro atoms. The molecule has 1 saturated carbocycles. The SMILES string of the molecule is CC(C)CC1(CNC(C)CC2CCCCN2)CCCC1. The van der Waals surface area contributed by atoms with Gasteiger partial charge in [-0.3, -0.25) is 0 Å². The number of hydrogen-bond acceptors (Lipinski definition) is 2. The van der Waals surface area contributed by atoms with E-state index in [1.807, 2.05) is 0 Å². The van der Waals surface area contributed by atoms with E-state index >= 15 is 0 Å². The van der Waals surface area contributed by atoms with Crippen molar-refractivity contribution in [3.8, 4) is 0 Å². The van der Waals surface area contributed by atoms with Crippen LogP contribution in [0.3, 0.4) is 0 Å². The summed E-state index contributed by atoms with van der Waals surface area (Å²) in [6.45, 7) is 9.63. The fraction of sp³-hybridized carbons (Fsp3) is 1.00. The first-order valence-electron chi connectivity index (χ1n) is 9.06. The van der Waals surface area contributed by atoms with Crippen LogP contribution in [0.15, 0.2) is 0 Å².